The van der Waals surface area contributed by atoms with Crippen LogP contribution in [0.25, 0.3) is 10.9 Å². The highest BCUT2D eigenvalue weighted by atomic mass is 32.1. The number of H-pyrrole nitrogens is 1. The van der Waals surface area contributed by atoms with Crippen LogP contribution in [0.2, 0.25) is 0 Å². The predicted octanol–water partition coefficient (Wildman–Crippen LogP) is 2.86. The molecule has 0 saturated heterocycles. The van der Waals surface area contributed by atoms with Gasteiger partial charge in [0.1, 0.15) is 5.75 Å². The van der Waals surface area contributed by atoms with E-state index in [9.17, 15) is 4.79 Å². The Morgan fingerprint density at radius 1 is 1.50 bits per heavy atom. The molecule has 0 aliphatic rings. The van der Waals surface area contributed by atoms with Crippen LogP contribution < -0.4 is 4.74 Å². The van der Waals surface area contributed by atoms with E-state index >= 15 is 0 Å². The number of nitrogens with one attached hydrogen (secondary N) is 1. The highest BCUT2D eigenvalue weighted by Crippen LogP contribution is 2.26. The van der Waals surface area contributed by atoms with Gasteiger partial charge in [0, 0.05) is 40.9 Å². The van der Waals surface area contributed by atoms with Crippen molar-refractivity contribution in [1.82, 2.24) is 9.97 Å². The first-order valence-corrected chi connectivity index (χ1v) is 6.26. The molecule has 0 bridgehead atoms. The molecule has 3 rings (SSSR count). The average Bonchev–Trinajstić information content (AvgIpc) is 3.04. The van der Waals surface area contributed by atoms with E-state index in [4.69, 9.17) is 4.74 Å². The Bertz CT molecular complexity index is 714. The second-order valence-electron chi connectivity index (χ2n) is 3.80. The van der Waals surface area contributed by atoms with Crippen molar-refractivity contribution < 1.29 is 9.53 Å². The van der Waals surface area contributed by atoms with Gasteiger partial charge < -0.3 is 9.72 Å². The van der Waals surface area contributed by atoms with Gasteiger partial charge in [-0.15, -0.1) is 11.3 Å². The van der Waals surface area contributed by atoms with E-state index in [0.717, 1.165) is 10.9 Å². The monoisotopic (exact) mass is 258 g/mol. The number of hydrogen-bond donors (Lipinski definition) is 1. The second-order valence-corrected chi connectivity index (χ2v) is 4.71. The van der Waals surface area contributed by atoms with E-state index in [-0.39, 0.29) is 5.78 Å². The van der Waals surface area contributed by atoms with Crippen molar-refractivity contribution >= 4 is 28.0 Å². The smallest absolute Gasteiger partial charge is 0.205 e. The maximum Gasteiger partial charge on any atom is 0.205 e. The normalized spacial score (nSPS) is 10.7. The number of fused-ring (bicyclic) bond motifs is 1. The third-order valence-electron chi connectivity index (χ3n) is 2.76. The SMILES string of the molecule is COc1csc(C(=O)c2c[nH]c3ccncc23)c1. The summed E-state index contributed by atoms with van der Waals surface area (Å²) in [6.45, 7) is 0. The van der Waals surface area contributed by atoms with Crippen LogP contribution in [-0.4, -0.2) is 22.9 Å². The van der Waals surface area contributed by atoms with E-state index in [1.807, 2.05) is 11.4 Å². The van der Waals surface area contributed by atoms with Gasteiger partial charge in [0.15, 0.2) is 0 Å². The lowest BCUT2D eigenvalue weighted by molar-refractivity contribution is 0.104. The van der Waals surface area contributed by atoms with Gasteiger partial charge in [-0.05, 0) is 6.07 Å². The number of thiophene rings is 1. The van der Waals surface area contributed by atoms with E-state index in [1.54, 1.807) is 31.8 Å². The van der Waals surface area contributed by atoms with E-state index < -0.39 is 0 Å². The number of pyridine rings is 1. The Morgan fingerprint density at radius 3 is 3.17 bits per heavy atom. The molecule has 5 heteroatoms. The van der Waals surface area contributed by atoms with Crippen molar-refractivity contribution in [3.8, 4) is 5.75 Å². The minimum absolute atomic E-state index is 0.0115. The Morgan fingerprint density at radius 2 is 2.39 bits per heavy atom. The number of methoxy groups -OCH3 is 1. The number of carbonyl (C=O) groups excluding carboxylic acids is 1. The third-order valence-corrected chi connectivity index (χ3v) is 3.67. The molecule has 3 aromatic heterocycles. The first kappa shape index (κ1) is 11.0. The summed E-state index contributed by atoms with van der Waals surface area (Å²) in [4.78, 5) is 20.1. The van der Waals surface area contributed by atoms with Gasteiger partial charge in [-0.2, -0.15) is 0 Å². The summed E-state index contributed by atoms with van der Waals surface area (Å²) in [5.41, 5.74) is 1.56. The molecule has 4 nitrogen and oxygen atoms in total. The lowest BCUT2D eigenvalue weighted by Gasteiger charge is -1.95. The van der Waals surface area contributed by atoms with Gasteiger partial charge in [-0.1, -0.05) is 0 Å². The Kier molecular flexibility index (Phi) is 2.60. The summed E-state index contributed by atoms with van der Waals surface area (Å²) >= 11 is 1.38. The fourth-order valence-electron chi connectivity index (χ4n) is 1.83. The summed E-state index contributed by atoms with van der Waals surface area (Å²) < 4.78 is 5.09. The van der Waals surface area contributed by atoms with Crippen molar-refractivity contribution in [2.75, 3.05) is 7.11 Å². The molecule has 0 fully saturated rings. The van der Waals surface area contributed by atoms with Crippen molar-refractivity contribution in [3.63, 3.8) is 0 Å². The van der Waals surface area contributed by atoms with Crippen LogP contribution in [0, 0.1) is 0 Å². The third kappa shape index (κ3) is 1.69. The fraction of sp³-hybridized carbons (Fsp3) is 0.0769. The molecular formula is C13H10N2O2S. The quantitative estimate of drug-likeness (QED) is 0.735. The number of ketones is 1. The summed E-state index contributed by atoms with van der Waals surface area (Å²) in [5, 5.41) is 2.66. The lowest BCUT2D eigenvalue weighted by atomic mass is 10.1. The first-order valence-electron chi connectivity index (χ1n) is 5.38. The maximum absolute atomic E-state index is 12.4. The summed E-state index contributed by atoms with van der Waals surface area (Å²) in [5.74, 6) is 0.698. The molecule has 18 heavy (non-hydrogen) atoms. The average molecular weight is 258 g/mol. The number of ether oxygens (including phenoxy) is 1. The van der Waals surface area contributed by atoms with Crippen molar-refractivity contribution in [3.05, 3.63) is 46.5 Å². The van der Waals surface area contributed by atoms with Crippen LogP contribution in [0.1, 0.15) is 15.2 Å². The molecule has 90 valence electrons. The van der Waals surface area contributed by atoms with Crippen LogP contribution in [0.4, 0.5) is 0 Å². The Labute approximate surface area is 107 Å². The van der Waals surface area contributed by atoms with E-state index in [0.29, 0.717) is 16.2 Å². The fourth-order valence-corrected chi connectivity index (χ4v) is 2.64. The zero-order valence-electron chi connectivity index (χ0n) is 9.64. The molecular weight excluding hydrogens is 248 g/mol. The number of aromatic amines is 1. The van der Waals surface area contributed by atoms with Gasteiger partial charge in [0.05, 0.1) is 17.6 Å². The van der Waals surface area contributed by atoms with Gasteiger partial charge in [0.25, 0.3) is 0 Å². The number of nitrogens with zero attached hydrogens (tertiary/aromatic N) is 1. The molecule has 1 N–H and O–H groups in total. The number of aromatic nitrogens is 2. The molecule has 0 unspecified atom stereocenters. The van der Waals surface area contributed by atoms with Crippen LogP contribution >= 0.6 is 11.3 Å². The maximum atomic E-state index is 12.4. The largest absolute Gasteiger partial charge is 0.496 e. The number of carbonyl (C=O) groups is 1. The molecule has 0 aliphatic carbocycles. The zero-order chi connectivity index (χ0) is 12.5. The van der Waals surface area contributed by atoms with Crippen LogP contribution in [0.15, 0.2) is 36.1 Å². The molecule has 0 amide bonds. The molecule has 3 heterocycles. The molecule has 0 spiro atoms. The van der Waals surface area contributed by atoms with Crippen molar-refractivity contribution in [2.45, 2.75) is 0 Å². The van der Waals surface area contributed by atoms with Crippen LogP contribution in [0.5, 0.6) is 5.75 Å². The summed E-state index contributed by atoms with van der Waals surface area (Å²) in [6.07, 6.45) is 5.12. The lowest BCUT2D eigenvalue weighted by Crippen LogP contribution is -1.97. The Hall–Kier alpha value is -2.14. The van der Waals surface area contributed by atoms with Crippen molar-refractivity contribution in [1.29, 1.82) is 0 Å². The zero-order valence-corrected chi connectivity index (χ0v) is 10.5. The molecule has 3 aromatic rings. The highest BCUT2D eigenvalue weighted by Gasteiger charge is 2.16. The minimum Gasteiger partial charge on any atom is -0.496 e. The molecule has 0 atom stereocenters. The minimum atomic E-state index is -0.0115. The van der Waals surface area contributed by atoms with Crippen molar-refractivity contribution in [2.24, 2.45) is 0 Å². The number of rotatable bonds is 3. The standard InChI is InChI=1S/C13H10N2O2S/c1-17-8-4-12(18-7-8)13(16)10-6-15-11-2-3-14-5-9(10)11/h2-7,15H,1H3. The van der Waals surface area contributed by atoms with E-state index in [2.05, 4.69) is 9.97 Å². The molecule has 0 aliphatic heterocycles. The van der Waals surface area contributed by atoms with Gasteiger partial charge in [-0.3, -0.25) is 9.78 Å². The molecule has 0 aromatic carbocycles. The van der Waals surface area contributed by atoms with Crippen LogP contribution in [-0.2, 0) is 0 Å². The molecule has 0 saturated carbocycles. The number of hydrogen-bond acceptors (Lipinski definition) is 4. The predicted molar refractivity (Wildman–Crippen MR) is 70.4 cm³/mol. The Balaban J connectivity index is 2.06. The summed E-state index contributed by atoms with van der Waals surface area (Å²) in [7, 11) is 1.59. The van der Waals surface area contributed by atoms with Gasteiger partial charge >= 0.3 is 0 Å². The first-order chi connectivity index (χ1) is 8.79. The van der Waals surface area contributed by atoms with Gasteiger partial charge in [0.2, 0.25) is 5.78 Å². The highest BCUT2D eigenvalue weighted by molar-refractivity contribution is 7.12. The van der Waals surface area contributed by atoms with Gasteiger partial charge in [-0.25, -0.2) is 0 Å². The second kappa shape index (κ2) is 4.27. The molecule has 0 radical (unpaired) electrons. The van der Waals surface area contributed by atoms with Crippen LogP contribution in [0.3, 0.4) is 0 Å². The summed E-state index contributed by atoms with van der Waals surface area (Å²) in [6, 6.07) is 3.60. The topological polar surface area (TPSA) is 55.0 Å². The van der Waals surface area contributed by atoms with E-state index in [1.165, 1.54) is 11.3 Å².